The van der Waals surface area contributed by atoms with Gasteiger partial charge in [-0.1, -0.05) is 0 Å². The first-order chi connectivity index (χ1) is 13.4. The Bertz CT molecular complexity index is 840. The number of methoxy groups -OCH3 is 2. The van der Waals surface area contributed by atoms with Crippen LogP contribution in [-0.4, -0.2) is 51.4 Å². The third kappa shape index (κ3) is 5.49. The number of ketones is 1. The van der Waals surface area contributed by atoms with Crippen LogP contribution in [0, 0.1) is 13.8 Å². The minimum absolute atomic E-state index is 0.0172. The Morgan fingerprint density at radius 3 is 2.29 bits per heavy atom. The number of anilines is 1. The van der Waals surface area contributed by atoms with Gasteiger partial charge in [0, 0.05) is 43.0 Å². The van der Waals surface area contributed by atoms with Crippen LogP contribution >= 0.6 is 0 Å². The molecule has 0 aliphatic heterocycles. The summed E-state index contributed by atoms with van der Waals surface area (Å²) < 4.78 is 10.5. The largest absolute Gasteiger partial charge is 0.497 e. The fraction of sp³-hybridized carbons (Fsp3) is 0.364. The van der Waals surface area contributed by atoms with Gasteiger partial charge >= 0.3 is 0 Å². The molecule has 6 nitrogen and oxygen atoms in total. The van der Waals surface area contributed by atoms with Crippen LogP contribution in [0.5, 0.6) is 11.5 Å². The normalized spacial score (nSPS) is 10.8. The summed E-state index contributed by atoms with van der Waals surface area (Å²) in [6.07, 6.45) is 1.81. The average molecular weight is 383 g/mol. The Balaban J connectivity index is 2.14. The standard InChI is InChI=1S/C22H29N3O3/c1-7-25(4)14-24-21-9-15(2)20(8-16(21)3)22(26)13-23-17-10-18(27-5)12-19(11-17)28-6/h8-12,14,23H,7,13H2,1-6H3. The Hall–Kier alpha value is -3.02. The highest BCUT2D eigenvalue weighted by molar-refractivity contribution is 6.00. The zero-order valence-electron chi connectivity index (χ0n) is 17.5. The molecule has 28 heavy (non-hydrogen) atoms. The zero-order valence-corrected chi connectivity index (χ0v) is 17.5. The molecule has 0 atom stereocenters. The third-order valence-electron chi connectivity index (χ3n) is 4.54. The molecule has 2 aromatic rings. The molecule has 0 aromatic heterocycles. The minimum atomic E-state index is 0.0172. The smallest absolute Gasteiger partial charge is 0.182 e. The number of Topliss-reactive ketones (excluding diaryl/α,β-unsaturated/α-hetero) is 1. The first-order valence-corrected chi connectivity index (χ1v) is 9.23. The van der Waals surface area contributed by atoms with Crippen LogP contribution in [0.1, 0.15) is 28.4 Å². The van der Waals surface area contributed by atoms with E-state index in [9.17, 15) is 4.79 Å². The molecule has 0 aliphatic carbocycles. The fourth-order valence-electron chi connectivity index (χ4n) is 2.67. The predicted molar refractivity (Wildman–Crippen MR) is 115 cm³/mol. The molecule has 0 heterocycles. The minimum Gasteiger partial charge on any atom is -0.497 e. The number of rotatable bonds is 9. The lowest BCUT2D eigenvalue weighted by Gasteiger charge is -2.13. The third-order valence-corrected chi connectivity index (χ3v) is 4.54. The number of hydrogen-bond acceptors (Lipinski definition) is 5. The molecular formula is C22H29N3O3. The molecule has 2 aromatic carbocycles. The summed E-state index contributed by atoms with van der Waals surface area (Å²) >= 11 is 0. The topological polar surface area (TPSA) is 63.2 Å². The van der Waals surface area contributed by atoms with Crippen molar-refractivity contribution in [2.24, 2.45) is 4.99 Å². The number of carbonyl (C=O) groups excluding carboxylic acids is 1. The van der Waals surface area contributed by atoms with Gasteiger partial charge in [-0.05, 0) is 44.0 Å². The highest BCUT2D eigenvalue weighted by atomic mass is 16.5. The first-order valence-electron chi connectivity index (χ1n) is 9.23. The van der Waals surface area contributed by atoms with Gasteiger partial charge < -0.3 is 19.7 Å². The van der Waals surface area contributed by atoms with Crippen LogP contribution in [0.25, 0.3) is 0 Å². The van der Waals surface area contributed by atoms with E-state index in [1.54, 1.807) is 26.6 Å². The number of aryl methyl sites for hydroxylation is 2. The van der Waals surface area contributed by atoms with E-state index in [-0.39, 0.29) is 12.3 Å². The van der Waals surface area contributed by atoms with Crippen molar-refractivity contribution in [3.8, 4) is 11.5 Å². The second-order valence-corrected chi connectivity index (χ2v) is 6.65. The molecular weight excluding hydrogens is 354 g/mol. The molecule has 150 valence electrons. The molecule has 0 spiro atoms. The van der Waals surface area contributed by atoms with Crippen LogP contribution < -0.4 is 14.8 Å². The Morgan fingerprint density at radius 1 is 1.07 bits per heavy atom. The summed E-state index contributed by atoms with van der Waals surface area (Å²) in [6, 6.07) is 9.31. The van der Waals surface area contributed by atoms with Crippen molar-refractivity contribution in [2.45, 2.75) is 20.8 Å². The van der Waals surface area contributed by atoms with Crippen molar-refractivity contribution in [3.63, 3.8) is 0 Å². The molecule has 0 saturated heterocycles. The molecule has 0 bridgehead atoms. The quantitative estimate of drug-likeness (QED) is 0.399. The van der Waals surface area contributed by atoms with Crippen molar-refractivity contribution in [1.29, 1.82) is 0 Å². The predicted octanol–water partition coefficient (Wildman–Crippen LogP) is 4.23. The number of aliphatic imine (C=N–C) groups is 1. The number of nitrogens with one attached hydrogen (secondary N) is 1. The van der Waals surface area contributed by atoms with E-state index < -0.39 is 0 Å². The van der Waals surface area contributed by atoms with Gasteiger partial charge in [0.1, 0.15) is 11.5 Å². The second-order valence-electron chi connectivity index (χ2n) is 6.65. The molecule has 2 rings (SSSR count). The highest BCUT2D eigenvalue weighted by Crippen LogP contribution is 2.26. The molecule has 6 heteroatoms. The summed E-state index contributed by atoms with van der Waals surface area (Å²) in [6.45, 7) is 7.03. The molecule has 0 saturated carbocycles. The summed E-state index contributed by atoms with van der Waals surface area (Å²) in [4.78, 5) is 19.3. The van der Waals surface area contributed by atoms with Gasteiger partial charge in [-0.3, -0.25) is 4.79 Å². The number of hydrogen-bond donors (Lipinski definition) is 1. The summed E-state index contributed by atoms with van der Waals surface area (Å²) in [5.74, 6) is 1.35. The van der Waals surface area contributed by atoms with E-state index >= 15 is 0 Å². The number of ether oxygens (including phenoxy) is 2. The number of carbonyl (C=O) groups is 1. The molecule has 0 radical (unpaired) electrons. The van der Waals surface area contributed by atoms with Gasteiger partial charge in [-0.15, -0.1) is 0 Å². The molecule has 0 fully saturated rings. The van der Waals surface area contributed by atoms with Gasteiger partial charge in [0.15, 0.2) is 5.78 Å². The van der Waals surface area contributed by atoms with Crippen molar-refractivity contribution < 1.29 is 14.3 Å². The van der Waals surface area contributed by atoms with E-state index in [1.165, 1.54) is 0 Å². The highest BCUT2D eigenvalue weighted by Gasteiger charge is 2.12. The average Bonchev–Trinajstić information content (AvgIpc) is 2.71. The van der Waals surface area contributed by atoms with Crippen LogP contribution in [0.15, 0.2) is 35.3 Å². The van der Waals surface area contributed by atoms with Gasteiger partial charge in [-0.2, -0.15) is 0 Å². The van der Waals surface area contributed by atoms with E-state index in [4.69, 9.17) is 9.47 Å². The molecule has 0 aliphatic rings. The van der Waals surface area contributed by atoms with Crippen molar-refractivity contribution in [1.82, 2.24) is 4.90 Å². The zero-order chi connectivity index (χ0) is 20.7. The van der Waals surface area contributed by atoms with Crippen molar-refractivity contribution in [2.75, 3.05) is 39.7 Å². The lowest BCUT2D eigenvalue weighted by Crippen LogP contribution is -2.16. The van der Waals surface area contributed by atoms with Gasteiger partial charge in [0.25, 0.3) is 0 Å². The Labute approximate surface area is 167 Å². The molecule has 1 N–H and O–H groups in total. The summed E-state index contributed by atoms with van der Waals surface area (Å²) in [5, 5.41) is 3.16. The van der Waals surface area contributed by atoms with Crippen LogP contribution in [0.3, 0.4) is 0 Å². The monoisotopic (exact) mass is 383 g/mol. The van der Waals surface area contributed by atoms with E-state index in [0.29, 0.717) is 17.1 Å². The van der Waals surface area contributed by atoms with E-state index in [0.717, 1.165) is 29.0 Å². The summed E-state index contributed by atoms with van der Waals surface area (Å²) in [5.41, 5.74) is 4.22. The van der Waals surface area contributed by atoms with Gasteiger partial charge in [0.05, 0.1) is 32.8 Å². The van der Waals surface area contributed by atoms with E-state index in [2.05, 4.69) is 17.2 Å². The maximum absolute atomic E-state index is 12.8. The summed E-state index contributed by atoms with van der Waals surface area (Å²) in [7, 11) is 5.17. The lowest BCUT2D eigenvalue weighted by molar-refractivity contribution is 0.101. The molecule has 0 amide bonds. The van der Waals surface area contributed by atoms with Crippen LogP contribution in [0.4, 0.5) is 11.4 Å². The van der Waals surface area contributed by atoms with Crippen LogP contribution in [0.2, 0.25) is 0 Å². The fourth-order valence-corrected chi connectivity index (χ4v) is 2.67. The van der Waals surface area contributed by atoms with Crippen LogP contribution in [-0.2, 0) is 0 Å². The van der Waals surface area contributed by atoms with Gasteiger partial charge in [0.2, 0.25) is 0 Å². The van der Waals surface area contributed by atoms with Crippen molar-refractivity contribution >= 4 is 23.5 Å². The lowest BCUT2D eigenvalue weighted by atomic mass is 10.0. The molecule has 0 unspecified atom stereocenters. The van der Waals surface area contributed by atoms with E-state index in [1.807, 2.05) is 50.1 Å². The Morgan fingerprint density at radius 2 is 1.71 bits per heavy atom. The SMILES string of the molecule is CCN(C)C=Nc1cc(C)c(C(=O)CNc2cc(OC)cc(OC)c2)cc1C. The Kier molecular flexibility index (Phi) is 7.44. The maximum Gasteiger partial charge on any atom is 0.182 e. The van der Waals surface area contributed by atoms with Crippen molar-refractivity contribution in [3.05, 3.63) is 47.0 Å². The number of benzene rings is 2. The number of nitrogens with zero attached hydrogens (tertiary/aromatic N) is 2. The van der Waals surface area contributed by atoms with Gasteiger partial charge in [-0.25, -0.2) is 4.99 Å². The maximum atomic E-state index is 12.8. The first kappa shape index (κ1) is 21.3. The second kappa shape index (κ2) is 9.78.